The van der Waals surface area contributed by atoms with Gasteiger partial charge in [0.1, 0.15) is 0 Å². The lowest BCUT2D eigenvalue weighted by Crippen LogP contribution is -2.24. The third-order valence-corrected chi connectivity index (χ3v) is 4.03. The van der Waals surface area contributed by atoms with Crippen molar-refractivity contribution in [2.45, 2.75) is 46.5 Å². The molecule has 108 valence electrons. The molecule has 0 aromatic heterocycles. The van der Waals surface area contributed by atoms with E-state index in [1.165, 1.54) is 28.5 Å². The van der Waals surface area contributed by atoms with Crippen LogP contribution in [-0.4, -0.2) is 21.2 Å². The number of sulfonamides is 1. The van der Waals surface area contributed by atoms with Crippen LogP contribution in [0, 0.1) is 13.8 Å². The molecule has 0 aliphatic rings. The Bertz CT molecular complexity index is 531. The summed E-state index contributed by atoms with van der Waals surface area (Å²) in [5.74, 6) is 0. The maximum absolute atomic E-state index is 11.1. The molecule has 0 unspecified atom stereocenters. The van der Waals surface area contributed by atoms with Crippen molar-refractivity contribution in [2.24, 2.45) is 0 Å². The van der Waals surface area contributed by atoms with E-state index in [-0.39, 0.29) is 5.41 Å². The van der Waals surface area contributed by atoms with Crippen molar-refractivity contribution in [2.75, 3.05) is 12.8 Å². The van der Waals surface area contributed by atoms with Crippen LogP contribution in [0.5, 0.6) is 0 Å². The summed E-state index contributed by atoms with van der Waals surface area (Å²) in [6.45, 7) is 11.2. The van der Waals surface area contributed by atoms with Gasteiger partial charge in [-0.2, -0.15) is 0 Å². The minimum absolute atomic E-state index is 0.138. The minimum atomic E-state index is -3.10. The molecular weight excluding hydrogens is 258 g/mol. The fourth-order valence-electron chi connectivity index (χ4n) is 2.18. The predicted molar refractivity (Wildman–Crippen MR) is 81.2 cm³/mol. The van der Waals surface area contributed by atoms with Crippen LogP contribution in [0.25, 0.3) is 0 Å². The first-order valence-corrected chi connectivity index (χ1v) is 8.45. The van der Waals surface area contributed by atoms with Gasteiger partial charge in [0, 0.05) is 6.54 Å². The van der Waals surface area contributed by atoms with Crippen molar-refractivity contribution >= 4 is 10.0 Å². The van der Waals surface area contributed by atoms with Crippen LogP contribution < -0.4 is 4.72 Å². The highest BCUT2D eigenvalue weighted by molar-refractivity contribution is 7.88. The summed E-state index contributed by atoms with van der Waals surface area (Å²) in [6, 6.07) is 4.42. The molecule has 19 heavy (non-hydrogen) atoms. The molecule has 0 aliphatic heterocycles. The van der Waals surface area contributed by atoms with Gasteiger partial charge < -0.3 is 0 Å². The Morgan fingerprint density at radius 3 is 1.95 bits per heavy atom. The van der Waals surface area contributed by atoms with E-state index >= 15 is 0 Å². The van der Waals surface area contributed by atoms with Gasteiger partial charge in [-0.25, -0.2) is 13.1 Å². The fraction of sp³-hybridized carbons (Fsp3) is 0.600. The number of benzene rings is 1. The van der Waals surface area contributed by atoms with Gasteiger partial charge in [0.2, 0.25) is 10.0 Å². The third kappa shape index (κ3) is 4.96. The van der Waals surface area contributed by atoms with Crippen LogP contribution in [0.2, 0.25) is 0 Å². The van der Waals surface area contributed by atoms with Gasteiger partial charge in [0.15, 0.2) is 0 Å². The largest absolute Gasteiger partial charge is 0.215 e. The molecule has 1 aromatic rings. The quantitative estimate of drug-likeness (QED) is 0.923. The van der Waals surface area contributed by atoms with Gasteiger partial charge in [-0.05, 0) is 47.9 Å². The lowest BCUT2D eigenvalue weighted by Gasteiger charge is -2.22. The second-order valence-electron chi connectivity index (χ2n) is 6.26. The average Bonchev–Trinajstić information content (AvgIpc) is 2.18. The average molecular weight is 283 g/mol. The lowest BCUT2D eigenvalue weighted by atomic mass is 9.83. The molecule has 1 N–H and O–H groups in total. The van der Waals surface area contributed by atoms with E-state index in [9.17, 15) is 8.42 Å². The topological polar surface area (TPSA) is 46.2 Å². The number of rotatable bonds is 4. The second kappa shape index (κ2) is 5.63. The third-order valence-electron chi connectivity index (χ3n) is 3.30. The summed E-state index contributed by atoms with van der Waals surface area (Å²) in [5.41, 5.74) is 5.17. The van der Waals surface area contributed by atoms with Crippen molar-refractivity contribution in [3.63, 3.8) is 0 Å². The first kappa shape index (κ1) is 16.2. The van der Waals surface area contributed by atoms with E-state index in [0.29, 0.717) is 6.54 Å². The molecular formula is C15H25NO2S. The Kier molecular flexibility index (Phi) is 4.80. The Labute approximate surface area is 117 Å². The first-order chi connectivity index (χ1) is 8.50. The summed E-state index contributed by atoms with van der Waals surface area (Å²) in [5, 5.41) is 0. The highest BCUT2D eigenvalue weighted by Gasteiger charge is 2.16. The summed E-state index contributed by atoms with van der Waals surface area (Å²) < 4.78 is 24.7. The van der Waals surface area contributed by atoms with Crippen molar-refractivity contribution < 1.29 is 8.42 Å². The lowest BCUT2D eigenvalue weighted by molar-refractivity contribution is 0.586. The monoisotopic (exact) mass is 283 g/mol. The summed E-state index contributed by atoms with van der Waals surface area (Å²) in [7, 11) is -3.10. The number of aryl methyl sites for hydroxylation is 2. The van der Waals surface area contributed by atoms with Crippen molar-refractivity contribution in [1.29, 1.82) is 0 Å². The first-order valence-electron chi connectivity index (χ1n) is 6.56. The molecule has 0 aliphatic carbocycles. The fourth-order valence-corrected chi connectivity index (χ4v) is 2.66. The molecule has 0 heterocycles. The molecule has 0 spiro atoms. The Hall–Kier alpha value is -0.870. The van der Waals surface area contributed by atoms with E-state index in [0.717, 1.165) is 6.42 Å². The van der Waals surface area contributed by atoms with Crippen molar-refractivity contribution in [3.05, 3.63) is 34.4 Å². The highest BCUT2D eigenvalue weighted by atomic mass is 32.2. The number of hydrogen-bond acceptors (Lipinski definition) is 2. The molecule has 0 fully saturated rings. The molecule has 0 saturated heterocycles. The van der Waals surface area contributed by atoms with E-state index in [2.05, 4.69) is 51.5 Å². The minimum Gasteiger partial charge on any atom is -0.215 e. The molecule has 3 nitrogen and oxygen atoms in total. The standard InChI is InChI=1S/C15H25NO2S/c1-11-9-13(15(3,4)5)10-12(2)14(11)7-8-16-19(6,17)18/h9-10,16H,7-8H2,1-6H3. The zero-order valence-corrected chi connectivity index (χ0v) is 13.6. The maximum atomic E-state index is 11.1. The van der Waals surface area contributed by atoms with Crippen LogP contribution in [0.3, 0.4) is 0 Å². The van der Waals surface area contributed by atoms with Crippen LogP contribution in [-0.2, 0) is 21.9 Å². The molecule has 0 atom stereocenters. The molecule has 1 aromatic carbocycles. The van der Waals surface area contributed by atoms with Crippen LogP contribution in [0.4, 0.5) is 0 Å². The molecule has 0 bridgehead atoms. The number of nitrogens with one attached hydrogen (secondary N) is 1. The molecule has 0 saturated carbocycles. The normalized spacial score (nSPS) is 12.7. The Balaban J connectivity index is 2.92. The summed E-state index contributed by atoms with van der Waals surface area (Å²) in [4.78, 5) is 0. The van der Waals surface area contributed by atoms with Gasteiger partial charge in [-0.15, -0.1) is 0 Å². The van der Waals surface area contributed by atoms with Crippen LogP contribution >= 0.6 is 0 Å². The van der Waals surface area contributed by atoms with E-state index in [1.54, 1.807) is 0 Å². The summed E-state index contributed by atoms with van der Waals surface area (Å²) >= 11 is 0. The second-order valence-corrected chi connectivity index (χ2v) is 8.09. The maximum Gasteiger partial charge on any atom is 0.208 e. The van der Waals surface area contributed by atoms with E-state index in [4.69, 9.17) is 0 Å². The van der Waals surface area contributed by atoms with Crippen LogP contribution in [0.1, 0.15) is 43.0 Å². The van der Waals surface area contributed by atoms with Crippen molar-refractivity contribution in [3.8, 4) is 0 Å². The molecule has 1 rings (SSSR count). The Morgan fingerprint density at radius 1 is 1.11 bits per heavy atom. The SMILES string of the molecule is Cc1cc(C(C)(C)C)cc(C)c1CCNS(C)(=O)=O. The smallest absolute Gasteiger partial charge is 0.208 e. The molecule has 0 radical (unpaired) electrons. The van der Waals surface area contributed by atoms with Crippen molar-refractivity contribution in [1.82, 2.24) is 4.72 Å². The van der Waals surface area contributed by atoms with Crippen LogP contribution in [0.15, 0.2) is 12.1 Å². The molecule has 0 amide bonds. The van der Waals surface area contributed by atoms with Gasteiger partial charge in [0.05, 0.1) is 6.26 Å². The Morgan fingerprint density at radius 2 is 1.58 bits per heavy atom. The summed E-state index contributed by atoms with van der Waals surface area (Å²) in [6.07, 6.45) is 1.92. The van der Waals surface area contributed by atoms with E-state index in [1.807, 2.05) is 0 Å². The van der Waals surface area contributed by atoms with E-state index < -0.39 is 10.0 Å². The highest BCUT2D eigenvalue weighted by Crippen LogP contribution is 2.27. The number of hydrogen-bond donors (Lipinski definition) is 1. The van der Waals surface area contributed by atoms with Gasteiger partial charge in [-0.1, -0.05) is 32.9 Å². The predicted octanol–water partition coefficient (Wildman–Crippen LogP) is 2.69. The zero-order chi connectivity index (χ0) is 14.8. The molecule has 4 heteroatoms. The van der Waals surface area contributed by atoms with Gasteiger partial charge >= 0.3 is 0 Å². The zero-order valence-electron chi connectivity index (χ0n) is 12.8. The van der Waals surface area contributed by atoms with Gasteiger partial charge in [-0.3, -0.25) is 0 Å². The van der Waals surface area contributed by atoms with Gasteiger partial charge in [0.25, 0.3) is 0 Å².